The smallest absolute Gasteiger partial charge is 0.328 e. The third-order valence-electron chi connectivity index (χ3n) is 4.55. The fourth-order valence-electron chi connectivity index (χ4n) is 3.32. The van der Waals surface area contributed by atoms with E-state index in [1.54, 1.807) is 12.4 Å². The number of aliphatic hydroxyl groups excluding tert-OH is 1. The largest absolute Gasteiger partial charge is 0.467 e. The number of carbonyl (C=O) groups excluding carboxylic acids is 1. The Kier molecular flexibility index (Phi) is 4.22. The molecule has 26 heavy (non-hydrogen) atoms. The van der Waals surface area contributed by atoms with Crippen molar-refractivity contribution in [1.29, 1.82) is 0 Å². The highest BCUT2D eigenvalue weighted by Crippen LogP contribution is 2.32. The minimum absolute atomic E-state index is 0.315. The van der Waals surface area contributed by atoms with E-state index in [0.29, 0.717) is 24.6 Å². The maximum Gasteiger partial charge on any atom is 0.328 e. The second-order valence-corrected chi connectivity index (χ2v) is 6.20. The molecule has 0 saturated carbocycles. The highest BCUT2D eigenvalue weighted by Gasteiger charge is 2.38. The molecule has 0 radical (unpaired) electrons. The first-order chi connectivity index (χ1) is 12.7. The van der Waals surface area contributed by atoms with Gasteiger partial charge in [-0.2, -0.15) is 0 Å². The number of esters is 1. The molecule has 1 fully saturated rings. The number of ether oxygens (including phenoxy) is 1. The fraction of sp³-hybridized carbons (Fsp3) is 0.263. The van der Waals surface area contributed by atoms with Gasteiger partial charge in [-0.05, 0) is 24.3 Å². The lowest BCUT2D eigenvalue weighted by Crippen LogP contribution is -2.37. The van der Waals surface area contributed by atoms with Crippen molar-refractivity contribution in [2.45, 2.75) is 18.6 Å². The SMILES string of the molecule is COC(=O)[C@@H]1C[C@@H](O)CN1c1nc(-c2ccncc2)nc2ccccc12. The number of aromatic nitrogens is 3. The molecule has 0 aliphatic carbocycles. The molecule has 4 rings (SSSR count). The Morgan fingerprint density at radius 3 is 2.73 bits per heavy atom. The number of anilines is 1. The maximum absolute atomic E-state index is 12.2. The molecule has 1 aliphatic rings. The summed E-state index contributed by atoms with van der Waals surface area (Å²) >= 11 is 0. The average Bonchev–Trinajstić information content (AvgIpc) is 3.08. The number of hydrogen-bond donors (Lipinski definition) is 1. The number of para-hydroxylation sites is 1. The molecule has 1 aromatic carbocycles. The number of carbonyl (C=O) groups is 1. The first kappa shape index (κ1) is 16.4. The van der Waals surface area contributed by atoms with Gasteiger partial charge in [-0.15, -0.1) is 0 Å². The van der Waals surface area contributed by atoms with Crippen LogP contribution in [-0.2, 0) is 9.53 Å². The lowest BCUT2D eigenvalue weighted by molar-refractivity contribution is -0.142. The van der Waals surface area contributed by atoms with Crippen molar-refractivity contribution in [3.05, 3.63) is 48.8 Å². The number of methoxy groups -OCH3 is 1. The lowest BCUT2D eigenvalue weighted by Gasteiger charge is -2.25. The predicted octanol–water partition coefficient (Wildman–Crippen LogP) is 1.80. The highest BCUT2D eigenvalue weighted by atomic mass is 16.5. The monoisotopic (exact) mass is 350 g/mol. The number of fused-ring (bicyclic) bond motifs is 1. The Hall–Kier alpha value is -3.06. The van der Waals surface area contributed by atoms with Crippen LogP contribution in [0.25, 0.3) is 22.3 Å². The Bertz CT molecular complexity index is 948. The molecule has 2 aromatic heterocycles. The molecule has 3 heterocycles. The standard InChI is InChI=1S/C19H18N4O3/c1-26-19(25)16-10-13(24)11-23(16)18-14-4-2-3-5-15(14)21-17(22-18)12-6-8-20-9-7-12/h2-9,13,16,24H,10-11H2,1H3/t13-,16+/m1/s1. The second-order valence-electron chi connectivity index (χ2n) is 6.20. The third-order valence-corrected chi connectivity index (χ3v) is 4.55. The molecule has 1 aliphatic heterocycles. The van der Waals surface area contributed by atoms with Crippen LogP contribution in [0.4, 0.5) is 5.82 Å². The maximum atomic E-state index is 12.2. The van der Waals surface area contributed by atoms with Gasteiger partial charge in [-0.1, -0.05) is 12.1 Å². The van der Waals surface area contributed by atoms with Gasteiger partial charge in [0.25, 0.3) is 0 Å². The van der Waals surface area contributed by atoms with Gasteiger partial charge in [0.05, 0.1) is 18.7 Å². The Balaban J connectivity index is 1.89. The molecule has 0 spiro atoms. The van der Waals surface area contributed by atoms with E-state index < -0.39 is 12.1 Å². The topological polar surface area (TPSA) is 88.4 Å². The van der Waals surface area contributed by atoms with Crippen molar-refractivity contribution in [3.63, 3.8) is 0 Å². The molecule has 1 saturated heterocycles. The van der Waals surface area contributed by atoms with Gasteiger partial charge >= 0.3 is 5.97 Å². The number of β-amino-alcohol motifs (C(OH)–C–C–N with tert-alkyl or cyclic N) is 1. The van der Waals surface area contributed by atoms with E-state index in [1.807, 2.05) is 41.3 Å². The molecule has 1 N–H and O–H groups in total. The summed E-state index contributed by atoms with van der Waals surface area (Å²) in [5.74, 6) is 0.787. The second kappa shape index (κ2) is 6.68. The first-order valence-electron chi connectivity index (χ1n) is 8.37. The molecule has 0 unspecified atom stereocenters. The number of benzene rings is 1. The van der Waals surface area contributed by atoms with Crippen LogP contribution in [0, 0.1) is 0 Å². The van der Waals surface area contributed by atoms with Crippen molar-refractivity contribution >= 4 is 22.7 Å². The molecule has 7 heteroatoms. The van der Waals surface area contributed by atoms with Gasteiger partial charge in [0.2, 0.25) is 0 Å². The summed E-state index contributed by atoms with van der Waals surface area (Å²) < 4.78 is 4.92. The predicted molar refractivity (Wildman–Crippen MR) is 96.5 cm³/mol. The molecular weight excluding hydrogens is 332 g/mol. The summed E-state index contributed by atoms with van der Waals surface area (Å²) in [6.45, 7) is 0.316. The zero-order chi connectivity index (χ0) is 18.1. The highest BCUT2D eigenvalue weighted by molar-refractivity contribution is 5.93. The van der Waals surface area contributed by atoms with Crippen LogP contribution in [-0.4, -0.2) is 51.8 Å². The normalized spacial score (nSPS) is 19.7. The molecule has 2 atom stereocenters. The van der Waals surface area contributed by atoms with Gasteiger partial charge in [0.1, 0.15) is 11.9 Å². The zero-order valence-electron chi connectivity index (χ0n) is 14.2. The van der Waals surface area contributed by atoms with Crippen LogP contribution in [0.1, 0.15) is 6.42 Å². The van der Waals surface area contributed by atoms with Crippen LogP contribution >= 0.6 is 0 Å². The van der Waals surface area contributed by atoms with E-state index in [1.165, 1.54) is 7.11 Å². The van der Waals surface area contributed by atoms with Gasteiger partial charge in [-0.25, -0.2) is 14.8 Å². The number of aliphatic hydroxyl groups is 1. The van der Waals surface area contributed by atoms with Gasteiger partial charge < -0.3 is 14.7 Å². The van der Waals surface area contributed by atoms with E-state index in [4.69, 9.17) is 9.72 Å². The first-order valence-corrected chi connectivity index (χ1v) is 8.37. The van der Waals surface area contributed by atoms with E-state index >= 15 is 0 Å². The van der Waals surface area contributed by atoms with Crippen LogP contribution in [0.3, 0.4) is 0 Å². The Labute approximate surface area is 150 Å². The molecule has 0 bridgehead atoms. The summed E-state index contributed by atoms with van der Waals surface area (Å²) in [6.07, 6.45) is 3.07. The van der Waals surface area contributed by atoms with Crippen molar-refractivity contribution in [1.82, 2.24) is 15.0 Å². The molecule has 7 nitrogen and oxygen atoms in total. The lowest BCUT2D eigenvalue weighted by atomic mass is 10.1. The summed E-state index contributed by atoms with van der Waals surface area (Å²) in [4.78, 5) is 27.4. The Morgan fingerprint density at radius 2 is 1.96 bits per heavy atom. The van der Waals surface area contributed by atoms with Crippen LogP contribution in [0.2, 0.25) is 0 Å². The van der Waals surface area contributed by atoms with E-state index in [0.717, 1.165) is 16.5 Å². The molecule has 0 amide bonds. The number of pyridine rings is 1. The van der Waals surface area contributed by atoms with E-state index in [2.05, 4.69) is 9.97 Å². The Morgan fingerprint density at radius 1 is 1.19 bits per heavy atom. The van der Waals surface area contributed by atoms with E-state index in [9.17, 15) is 9.90 Å². The zero-order valence-corrected chi connectivity index (χ0v) is 14.2. The molecule has 3 aromatic rings. The fourth-order valence-corrected chi connectivity index (χ4v) is 3.32. The van der Waals surface area contributed by atoms with Crippen molar-refractivity contribution in [2.24, 2.45) is 0 Å². The number of nitrogens with zero attached hydrogens (tertiary/aromatic N) is 4. The number of hydrogen-bond acceptors (Lipinski definition) is 7. The summed E-state index contributed by atoms with van der Waals surface area (Å²) in [6, 6.07) is 10.7. The minimum atomic E-state index is -0.614. The number of rotatable bonds is 3. The van der Waals surface area contributed by atoms with Crippen LogP contribution in [0.15, 0.2) is 48.8 Å². The van der Waals surface area contributed by atoms with Gasteiger partial charge in [0.15, 0.2) is 5.82 Å². The molecule has 132 valence electrons. The summed E-state index contributed by atoms with van der Waals surface area (Å²) in [5.41, 5.74) is 1.61. The molecular formula is C19H18N4O3. The minimum Gasteiger partial charge on any atom is -0.467 e. The van der Waals surface area contributed by atoms with Crippen LogP contribution < -0.4 is 4.90 Å². The quantitative estimate of drug-likeness (QED) is 0.721. The van der Waals surface area contributed by atoms with Gasteiger partial charge in [-0.3, -0.25) is 4.98 Å². The van der Waals surface area contributed by atoms with Crippen molar-refractivity contribution < 1.29 is 14.6 Å². The third kappa shape index (κ3) is 2.86. The summed E-state index contributed by atoms with van der Waals surface area (Å²) in [7, 11) is 1.35. The van der Waals surface area contributed by atoms with E-state index in [-0.39, 0.29) is 5.97 Å². The summed E-state index contributed by atoms with van der Waals surface area (Å²) in [5, 5.41) is 11.0. The van der Waals surface area contributed by atoms with Crippen molar-refractivity contribution in [3.8, 4) is 11.4 Å². The van der Waals surface area contributed by atoms with Crippen molar-refractivity contribution in [2.75, 3.05) is 18.6 Å². The van der Waals surface area contributed by atoms with Gasteiger partial charge in [0, 0.05) is 36.3 Å². The van der Waals surface area contributed by atoms with Crippen LogP contribution in [0.5, 0.6) is 0 Å². The average molecular weight is 350 g/mol.